The molecule has 0 aromatic rings. The van der Waals surface area contributed by atoms with E-state index in [2.05, 4.69) is 9.62 Å². The van der Waals surface area contributed by atoms with E-state index in [9.17, 15) is 13.2 Å². The Kier molecular flexibility index (Phi) is 3.84. The third kappa shape index (κ3) is 3.15. The molecule has 3 saturated carbocycles. The highest BCUT2D eigenvalue weighted by atomic mass is 32.2. The first-order chi connectivity index (χ1) is 11.3. The number of rotatable bonds is 5. The van der Waals surface area contributed by atoms with Crippen LogP contribution in [0.5, 0.6) is 0 Å². The number of nitrogens with zero attached hydrogens (tertiary/aromatic N) is 1. The van der Waals surface area contributed by atoms with Crippen molar-refractivity contribution in [3.63, 3.8) is 0 Å². The lowest BCUT2D eigenvalue weighted by Gasteiger charge is -2.44. The van der Waals surface area contributed by atoms with E-state index in [0.29, 0.717) is 18.8 Å². The lowest BCUT2D eigenvalue weighted by molar-refractivity contribution is -0.132. The summed E-state index contributed by atoms with van der Waals surface area (Å²) in [6, 6.07) is 0.199. The van der Waals surface area contributed by atoms with E-state index in [-0.39, 0.29) is 28.7 Å². The molecule has 1 amide bonds. The average molecular weight is 353 g/mol. The molecule has 1 heterocycles. The topological polar surface area (TPSA) is 66.5 Å². The molecular formula is C18H28N2O3S. The summed E-state index contributed by atoms with van der Waals surface area (Å²) in [6.45, 7) is 4.72. The van der Waals surface area contributed by atoms with Crippen molar-refractivity contribution in [1.82, 2.24) is 9.62 Å². The van der Waals surface area contributed by atoms with Crippen molar-refractivity contribution in [2.24, 2.45) is 11.8 Å². The SMILES string of the molecule is CC1=CC2CC(S(=O)(=O)NC3(C)CC3)CCC2N(CC2CC2)C1=O. The summed E-state index contributed by atoms with van der Waals surface area (Å²) in [5, 5.41) is -0.323. The number of sulfonamides is 1. The van der Waals surface area contributed by atoms with Crippen LogP contribution in [0.1, 0.15) is 58.8 Å². The number of amides is 1. The molecule has 0 bridgehead atoms. The second kappa shape index (κ2) is 5.56. The molecule has 0 saturated heterocycles. The van der Waals surface area contributed by atoms with Crippen LogP contribution in [0.4, 0.5) is 0 Å². The summed E-state index contributed by atoms with van der Waals surface area (Å²) in [7, 11) is -3.27. The summed E-state index contributed by atoms with van der Waals surface area (Å²) >= 11 is 0. The Morgan fingerprint density at radius 3 is 2.58 bits per heavy atom. The standard InChI is InChI=1S/C18H28N2O3S/c1-12-9-14-10-15(24(22,23)19-18(2)7-8-18)5-6-16(14)20(17(12)21)11-13-3-4-13/h9,13-16,19H,3-8,10-11H2,1-2H3. The second-order valence-corrected chi connectivity index (χ2v) is 10.6. The first-order valence-corrected chi connectivity index (χ1v) is 10.8. The highest BCUT2D eigenvalue weighted by Crippen LogP contribution is 2.41. The van der Waals surface area contributed by atoms with Crippen molar-refractivity contribution in [3.05, 3.63) is 11.6 Å². The molecule has 1 aliphatic heterocycles. The third-order valence-corrected chi connectivity index (χ3v) is 8.34. The molecule has 4 rings (SSSR count). The van der Waals surface area contributed by atoms with Crippen LogP contribution in [0.3, 0.4) is 0 Å². The zero-order chi connectivity index (χ0) is 17.1. The van der Waals surface area contributed by atoms with E-state index in [0.717, 1.165) is 31.4 Å². The quantitative estimate of drug-likeness (QED) is 0.825. The minimum absolute atomic E-state index is 0.160. The van der Waals surface area contributed by atoms with Gasteiger partial charge in [-0.05, 0) is 70.6 Å². The van der Waals surface area contributed by atoms with Gasteiger partial charge >= 0.3 is 0 Å². The molecule has 0 spiro atoms. The molecule has 1 N–H and O–H groups in total. The average Bonchev–Trinajstić information content (AvgIpc) is 3.42. The molecule has 3 atom stereocenters. The first-order valence-electron chi connectivity index (χ1n) is 9.30. The summed E-state index contributed by atoms with van der Waals surface area (Å²) in [5.41, 5.74) is 0.583. The molecule has 0 aromatic carbocycles. The Balaban J connectivity index is 1.50. The number of carbonyl (C=O) groups excluding carboxylic acids is 1. The van der Waals surface area contributed by atoms with Crippen molar-refractivity contribution in [2.45, 2.75) is 75.6 Å². The van der Waals surface area contributed by atoms with Crippen LogP contribution in [0.25, 0.3) is 0 Å². The monoisotopic (exact) mass is 352 g/mol. The van der Waals surface area contributed by atoms with E-state index < -0.39 is 10.0 Å². The molecule has 5 nitrogen and oxygen atoms in total. The van der Waals surface area contributed by atoms with Gasteiger partial charge in [-0.1, -0.05) is 6.08 Å². The fraction of sp³-hybridized carbons (Fsp3) is 0.833. The maximum absolute atomic E-state index is 12.7. The molecule has 3 unspecified atom stereocenters. The fourth-order valence-electron chi connectivity index (χ4n) is 4.28. The minimum Gasteiger partial charge on any atom is -0.335 e. The van der Waals surface area contributed by atoms with Crippen LogP contribution in [-0.2, 0) is 14.8 Å². The van der Waals surface area contributed by atoms with Gasteiger partial charge in [-0.2, -0.15) is 0 Å². The second-order valence-electron chi connectivity index (χ2n) is 8.62. The van der Waals surface area contributed by atoms with Crippen LogP contribution in [0, 0.1) is 11.8 Å². The zero-order valence-electron chi connectivity index (χ0n) is 14.6. The highest BCUT2D eigenvalue weighted by molar-refractivity contribution is 7.90. The maximum Gasteiger partial charge on any atom is 0.249 e. The Bertz CT molecular complexity index is 676. The fourth-order valence-corrected chi connectivity index (χ4v) is 6.26. The molecule has 3 aliphatic carbocycles. The zero-order valence-corrected chi connectivity index (χ0v) is 15.4. The molecule has 134 valence electrons. The van der Waals surface area contributed by atoms with Crippen molar-refractivity contribution >= 4 is 15.9 Å². The minimum atomic E-state index is -3.27. The van der Waals surface area contributed by atoms with Gasteiger partial charge in [0.05, 0.1) is 5.25 Å². The van der Waals surface area contributed by atoms with Gasteiger partial charge in [-0.15, -0.1) is 0 Å². The van der Waals surface area contributed by atoms with Crippen molar-refractivity contribution in [2.75, 3.05) is 6.54 Å². The van der Waals surface area contributed by atoms with Gasteiger partial charge in [-0.3, -0.25) is 4.79 Å². The van der Waals surface area contributed by atoms with Crippen LogP contribution in [0.2, 0.25) is 0 Å². The summed E-state index contributed by atoms with van der Waals surface area (Å²) in [5.74, 6) is 1.01. The van der Waals surface area contributed by atoms with E-state index in [4.69, 9.17) is 0 Å². The highest BCUT2D eigenvalue weighted by Gasteiger charge is 2.47. The van der Waals surface area contributed by atoms with Gasteiger partial charge in [0, 0.05) is 23.7 Å². The van der Waals surface area contributed by atoms with Gasteiger partial charge < -0.3 is 4.90 Å². The summed E-state index contributed by atoms with van der Waals surface area (Å²) in [4.78, 5) is 14.6. The molecular weight excluding hydrogens is 324 g/mol. The molecule has 24 heavy (non-hydrogen) atoms. The van der Waals surface area contributed by atoms with Crippen LogP contribution in [0.15, 0.2) is 11.6 Å². The van der Waals surface area contributed by atoms with E-state index in [1.807, 2.05) is 19.9 Å². The number of hydrogen-bond acceptors (Lipinski definition) is 3. The van der Waals surface area contributed by atoms with Gasteiger partial charge in [0.2, 0.25) is 15.9 Å². The molecule has 0 radical (unpaired) electrons. The van der Waals surface area contributed by atoms with Gasteiger partial charge in [0.1, 0.15) is 0 Å². The molecule has 0 aromatic heterocycles. The lowest BCUT2D eigenvalue weighted by atomic mass is 9.79. The number of nitrogens with one attached hydrogen (secondary N) is 1. The molecule has 4 aliphatic rings. The normalized spacial score (nSPS) is 35.4. The van der Waals surface area contributed by atoms with Crippen molar-refractivity contribution in [3.8, 4) is 0 Å². The molecule has 6 heteroatoms. The largest absolute Gasteiger partial charge is 0.335 e. The van der Waals surface area contributed by atoms with Crippen LogP contribution < -0.4 is 4.72 Å². The first kappa shape index (κ1) is 16.6. The molecule has 3 fully saturated rings. The number of carbonyl (C=O) groups is 1. The Labute approximate surface area is 144 Å². The van der Waals surface area contributed by atoms with Crippen LogP contribution in [-0.4, -0.2) is 42.6 Å². The predicted octanol–water partition coefficient (Wildman–Crippen LogP) is 2.19. The Hall–Kier alpha value is -0.880. The van der Waals surface area contributed by atoms with Gasteiger partial charge in [0.15, 0.2) is 0 Å². The van der Waals surface area contributed by atoms with Gasteiger partial charge in [-0.25, -0.2) is 13.1 Å². The number of fused-ring (bicyclic) bond motifs is 1. The third-order valence-electron chi connectivity index (χ3n) is 6.26. The van der Waals surface area contributed by atoms with Gasteiger partial charge in [0.25, 0.3) is 0 Å². The lowest BCUT2D eigenvalue weighted by Crippen LogP contribution is -2.53. The van der Waals surface area contributed by atoms with Crippen LogP contribution >= 0.6 is 0 Å². The summed E-state index contributed by atoms with van der Waals surface area (Å²) in [6.07, 6.45) is 8.47. The Morgan fingerprint density at radius 2 is 1.96 bits per heavy atom. The van der Waals surface area contributed by atoms with Crippen molar-refractivity contribution in [1.29, 1.82) is 0 Å². The Morgan fingerprint density at radius 1 is 1.25 bits per heavy atom. The van der Waals surface area contributed by atoms with E-state index >= 15 is 0 Å². The van der Waals surface area contributed by atoms with Crippen molar-refractivity contribution < 1.29 is 13.2 Å². The number of hydrogen-bond donors (Lipinski definition) is 1. The van der Waals surface area contributed by atoms with E-state index in [1.165, 1.54) is 12.8 Å². The predicted molar refractivity (Wildman–Crippen MR) is 92.8 cm³/mol. The summed E-state index contributed by atoms with van der Waals surface area (Å²) < 4.78 is 28.4. The smallest absolute Gasteiger partial charge is 0.249 e. The van der Waals surface area contributed by atoms with E-state index in [1.54, 1.807) is 0 Å². The maximum atomic E-state index is 12.7.